The van der Waals surface area contributed by atoms with Crippen LogP contribution in [0, 0.1) is 41.4 Å². The smallest absolute Gasteiger partial charge is 0.0352 e. The first-order chi connectivity index (χ1) is 8.02. The third-order valence-electron chi connectivity index (χ3n) is 5.95. The van der Waals surface area contributed by atoms with Gasteiger partial charge in [-0.25, -0.2) is 0 Å². The van der Waals surface area contributed by atoms with Gasteiger partial charge in [0, 0.05) is 0 Å². The molecule has 0 saturated heterocycles. The maximum Gasteiger partial charge on any atom is -0.0352 e. The van der Waals surface area contributed by atoms with E-state index in [1.54, 1.807) is 19.3 Å². The molecule has 0 nitrogen and oxygen atoms in total. The second-order valence-electron chi connectivity index (χ2n) is 7.55. The highest BCUT2D eigenvalue weighted by Crippen LogP contribution is 2.53. The molecule has 5 atom stereocenters. The molecule has 0 aliphatic heterocycles. The highest BCUT2D eigenvalue weighted by Gasteiger charge is 2.44. The van der Waals surface area contributed by atoms with Crippen molar-refractivity contribution in [2.24, 2.45) is 41.4 Å². The molecule has 5 unspecified atom stereocenters. The molecule has 0 aromatic carbocycles. The van der Waals surface area contributed by atoms with Crippen molar-refractivity contribution in [3.63, 3.8) is 0 Å². The van der Waals surface area contributed by atoms with Crippen LogP contribution in [0.4, 0.5) is 0 Å². The molecule has 0 aromatic heterocycles. The Morgan fingerprint density at radius 3 is 2.12 bits per heavy atom. The summed E-state index contributed by atoms with van der Waals surface area (Å²) in [7, 11) is 0. The van der Waals surface area contributed by atoms with Crippen LogP contribution in [0.2, 0.25) is 0 Å². The predicted molar refractivity (Wildman–Crippen MR) is 75.9 cm³/mol. The summed E-state index contributed by atoms with van der Waals surface area (Å²) >= 11 is 0. The molecule has 2 aliphatic carbocycles. The van der Waals surface area contributed by atoms with Gasteiger partial charge in [-0.15, -0.1) is 0 Å². The molecule has 0 aromatic rings. The quantitative estimate of drug-likeness (QED) is 0.617. The van der Waals surface area contributed by atoms with Crippen LogP contribution in [-0.4, -0.2) is 0 Å². The van der Waals surface area contributed by atoms with Gasteiger partial charge in [-0.3, -0.25) is 0 Å². The fourth-order valence-corrected chi connectivity index (χ4v) is 4.73. The van der Waals surface area contributed by atoms with Crippen molar-refractivity contribution in [1.82, 2.24) is 0 Å². The minimum absolute atomic E-state index is 0.901. The normalized spacial score (nSPS) is 42.2. The van der Waals surface area contributed by atoms with Gasteiger partial charge in [-0.1, -0.05) is 41.0 Å². The van der Waals surface area contributed by atoms with Crippen molar-refractivity contribution in [2.45, 2.75) is 66.7 Å². The Balaban J connectivity index is 2.09. The number of hydrogen-bond donors (Lipinski definition) is 0. The van der Waals surface area contributed by atoms with Gasteiger partial charge < -0.3 is 0 Å². The molecule has 2 saturated carbocycles. The Morgan fingerprint density at radius 2 is 1.59 bits per heavy atom. The number of hydrogen-bond acceptors (Lipinski definition) is 0. The highest BCUT2D eigenvalue weighted by molar-refractivity contribution is 4.94. The molecular formula is C17H32. The average molecular weight is 236 g/mol. The molecule has 0 heteroatoms. The predicted octanol–water partition coefficient (Wildman–Crippen LogP) is 5.38. The second kappa shape index (κ2) is 5.33. The van der Waals surface area contributed by atoms with Crippen molar-refractivity contribution >= 4 is 0 Å². The number of fused-ring (bicyclic) bond motifs is 1. The van der Waals surface area contributed by atoms with E-state index >= 15 is 0 Å². The molecule has 0 heterocycles. The zero-order valence-electron chi connectivity index (χ0n) is 12.6. The molecule has 0 amide bonds. The largest absolute Gasteiger partial charge is 0.0651 e. The van der Waals surface area contributed by atoms with Crippen molar-refractivity contribution in [3.8, 4) is 0 Å². The van der Waals surface area contributed by atoms with E-state index in [2.05, 4.69) is 34.6 Å². The van der Waals surface area contributed by atoms with Gasteiger partial charge in [0.25, 0.3) is 0 Å². The van der Waals surface area contributed by atoms with E-state index in [0.717, 1.165) is 41.4 Å². The van der Waals surface area contributed by atoms with Gasteiger partial charge in [0.05, 0.1) is 0 Å². The van der Waals surface area contributed by atoms with E-state index in [4.69, 9.17) is 0 Å². The fourth-order valence-electron chi connectivity index (χ4n) is 4.73. The average Bonchev–Trinajstić information content (AvgIpc) is 2.69. The maximum absolute atomic E-state index is 2.46. The summed E-state index contributed by atoms with van der Waals surface area (Å²) in [6.07, 6.45) is 7.58. The van der Waals surface area contributed by atoms with Crippen molar-refractivity contribution in [1.29, 1.82) is 0 Å². The van der Waals surface area contributed by atoms with Gasteiger partial charge in [0.15, 0.2) is 0 Å². The molecule has 2 rings (SSSR count). The molecule has 17 heavy (non-hydrogen) atoms. The van der Waals surface area contributed by atoms with Crippen LogP contribution < -0.4 is 0 Å². The monoisotopic (exact) mass is 236 g/mol. The van der Waals surface area contributed by atoms with Gasteiger partial charge in [0.2, 0.25) is 0 Å². The van der Waals surface area contributed by atoms with Crippen LogP contribution in [0.5, 0.6) is 0 Å². The zero-order valence-corrected chi connectivity index (χ0v) is 12.6. The lowest BCUT2D eigenvalue weighted by atomic mass is 9.63. The summed E-state index contributed by atoms with van der Waals surface area (Å²) in [5.74, 6) is 7.05. The van der Waals surface area contributed by atoms with Crippen LogP contribution >= 0.6 is 0 Å². The summed E-state index contributed by atoms with van der Waals surface area (Å²) in [5, 5.41) is 0. The minimum Gasteiger partial charge on any atom is -0.0651 e. The van der Waals surface area contributed by atoms with E-state index in [9.17, 15) is 0 Å². The standard InChI is InChI=1S/C17H32/c1-6-13-7-15-9-14(11(2)3)10-16(12(4)5)17(15)8-13/h11-17H,6-10H2,1-5H3. The number of rotatable bonds is 3. The molecule has 0 N–H and O–H groups in total. The summed E-state index contributed by atoms with van der Waals surface area (Å²) in [6, 6.07) is 0. The van der Waals surface area contributed by atoms with Crippen molar-refractivity contribution < 1.29 is 0 Å². The molecule has 0 radical (unpaired) electrons. The zero-order chi connectivity index (χ0) is 12.6. The topological polar surface area (TPSA) is 0 Å². The van der Waals surface area contributed by atoms with Crippen LogP contribution in [0.15, 0.2) is 0 Å². The fraction of sp³-hybridized carbons (Fsp3) is 1.00. The first-order valence-electron chi connectivity index (χ1n) is 8.02. The van der Waals surface area contributed by atoms with Gasteiger partial charge >= 0.3 is 0 Å². The molecule has 2 aliphatic rings. The van der Waals surface area contributed by atoms with Crippen LogP contribution in [0.25, 0.3) is 0 Å². The third-order valence-corrected chi connectivity index (χ3v) is 5.95. The summed E-state index contributed by atoms with van der Waals surface area (Å²) in [6.45, 7) is 12.2. The lowest BCUT2D eigenvalue weighted by Gasteiger charge is -2.42. The summed E-state index contributed by atoms with van der Waals surface area (Å²) < 4.78 is 0. The van der Waals surface area contributed by atoms with E-state index in [-0.39, 0.29) is 0 Å². The van der Waals surface area contributed by atoms with Crippen molar-refractivity contribution in [3.05, 3.63) is 0 Å². The van der Waals surface area contributed by atoms with Crippen LogP contribution in [-0.2, 0) is 0 Å². The lowest BCUT2D eigenvalue weighted by molar-refractivity contribution is 0.0737. The van der Waals surface area contributed by atoms with Crippen LogP contribution in [0.1, 0.15) is 66.7 Å². The molecule has 2 fully saturated rings. The van der Waals surface area contributed by atoms with Gasteiger partial charge in [-0.2, -0.15) is 0 Å². The van der Waals surface area contributed by atoms with E-state index < -0.39 is 0 Å². The molecule has 100 valence electrons. The van der Waals surface area contributed by atoms with E-state index in [1.165, 1.54) is 12.8 Å². The second-order valence-corrected chi connectivity index (χ2v) is 7.55. The Labute approximate surface area is 109 Å². The Bertz CT molecular complexity index is 240. The Morgan fingerprint density at radius 1 is 0.882 bits per heavy atom. The summed E-state index contributed by atoms with van der Waals surface area (Å²) in [5.41, 5.74) is 0. The van der Waals surface area contributed by atoms with E-state index in [1.807, 2.05) is 0 Å². The molecular weight excluding hydrogens is 204 g/mol. The first-order valence-corrected chi connectivity index (χ1v) is 8.02. The molecule has 0 spiro atoms. The van der Waals surface area contributed by atoms with Gasteiger partial charge in [0.1, 0.15) is 0 Å². The minimum atomic E-state index is 0.901. The SMILES string of the molecule is CCC1CC2CC(C(C)C)CC(C(C)C)C2C1. The van der Waals surface area contributed by atoms with Crippen molar-refractivity contribution in [2.75, 3.05) is 0 Å². The third kappa shape index (κ3) is 2.71. The van der Waals surface area contributed by atoms with Gasteiger partial charge in [-0.05, 0) is 67.1 Å². The Hall–Kier alpha value is 0. The molecule has 0 bridgehead atoms. The van der Waals surface area contributed by atoms with Crippen LogP contribution in [0.3, 0.4) is 0 Å². The maximum atomic E-state index is 2.46. The van der Waals surface area contributed by atoms with E-state index in [0.29, 0.717) is 0 Å². The highest BCUT2D eigenvalue weighted by atomic mass is 14.5. The Kier molecular flexibility index (Phi) is 4.21. The lowest BCUT2D eigenvalue weighted by Crippen LogP contribution is -2.34. The summed E-state index contributed by atoms with van der Waals surface area (Å²) in [4.78, 5) is 0. The first kappa shape index (κ1) is 13.4.